The second-order valence-corrected chi connectivity index (χ2v) is 7.95. The molecular formula is C24H24N2O6. The van der Waals surface area contributed by atoms with Crippen molar-refractivity contribution in [3.8, 4) is 5.75 Å². The predicted octanol–water partition coefficient (Wildman–Crippen LogP) is 4.36. The van der Waals surface area contributed by atoms with Gasteiger partial charge in [-0.3, -0.25) is 19.7 Å². The van der Waals surface area contributed by atoms with Crippen LogP contribution in [0, 0.1) is 10.1 Å². The topological polar surface area (TPSA) is 110 Å². The molecule has 166 valence electrons. The highest BCUT2D eigenvalue weighted by Crippen LogP contribution is 2.43. The molecular weight excluding hydrogens is 412 g/mol. The molecule has 1 aliphatic carbocycles. The first-order chi connectivity index (χ1) is 15.4. The summed E-state index contributed by atoms with van der Waals surface area (Å²) >= 11 is 0. The van der Waals surface area contributed by atoms with Crippen LogP contribution in [-0.2, 0) is 9.59 Å². The zero-order chi connectivity index (χ0) is 22.8. The summed E-state index contributed by atoms with van der Waals surface area (Å²) in [6.45, 7) is 2.38. The van der Waals surface area contributed by atoms with Crippen molar-refractivity contribution in [2.24, 2.45) is 0 Å². The molecule has 8 nitrogen and oxygen atoms in total. The number of carbonyl (C=O) groups is 2. The molecule has 2 aromatic carbocycles. The molecule has 2 aliphatic rings. The first kappa shape index (κ1) is 21.5. The number of nitro benzene ring substituents is 1. The minimum Gasteiger partial charge on any atom is -0.507 e. The fraction of sp³-hybridized carbons (Fsp3) is 0.333. The van der Waals surface area contributed by atoms with Gasteiger partial charge < -0.3 is 14.7 Å². The monoisotopic (exact) mass is 436 g/mol. The van der Waals surface area contributed by atoms with E-state index in [1.807, 2.05) is 6.92 Å². The quantitative estimate of drug-likeness (QED) is 0.237. The molecule has 1 atom stereocenters. The molecule has 1 amide bonds. The molecule has 1 unspecified atom stereocenters. The molecule has 0 bridgehead atoms. The molecule has 2 aromatic rings. The minimum absolute atomic E-state index is 0.0495. The first-order valence-corrected chi connectivity index (χ1v) is 10.7. The second kappa shape index (κ2) is 8.82. The lowest BCUT2D eigenvalue weighted by Gasteiger charge is -2.30. The summed E-state index contributed by atoms with van der Waals surface area (Å²) in [5.41, 5.74) is 0.536. The Morgan fingerprint density at radius 3 is 2.47 bits per heavy atom. The SMILES string of the molecule is CCOc1ccc(C2/C(=C(/O)c3cccc([N+](=O)[O-])c3)C(=O)C(=O)N2C2CCCC2)cc1. The van der Waals surface area contributed by atoms with Crippen molar-refractivity contribution in [3.05, 3.63) is 75.3 Å². The maximum Gasteiger partial charge on any atom is 0.295 e. The number of carbonyl (C=O) groups excluding carboxylic acids is 2. The van der Waals surface area contributed by atoms with Crippen LogP contribution in [0.15, 0.2) is 54.1 Å². The van der Waals surface area contributed by atoms with Crippen LogP contribution in [0.4, 0.5) is 5.69 Å². The predicted molar refractivity (Wildman–Crippen MR) is 117 cm³/mol. The zero-order valence-electron chi connectivity index (χ0n) is 17.7. The maximum absolute atomic E-state index is 13.1. The Bertz CT molecular complexity index is 1090. The number of aliphatic hydroxyl groups excluding tert-OH is 1. The Hall–Kier alpha value is -3.68. The number of ketones is 1. The molecule has 0 aromatic heterocycles. The third-order valence-electron chi connectivity index (χ3n) is 6.04. The standard InChI is InChI=1S/C24H24N2O6/c1-2-32-19-12-10-15(11-13-19)21-20(22(27)16-6-5-9-18(14-16)26(30)31)23(28)24(29)25(21)17-7-3-4-8-17/h5-6,9-14,17,21,27H,2-4,7-8H2,1H3/b22-20-. The van der Waals surface area contributed by atoms with Crippen molar-refractivity contribution in [2.75, 3.05) is 6.61 Å². The van der Waals surface area contributed by atoms with Crippen molar-refractivity contribution in [2.45, 2.75) is 44.7 Å². The smallest absolute Gasteiger partial charge is 0.295 e. The van der Waals surface area contributed by atoms with Gasteiger partial charge in [0.1, 0.15) is 11.5 Å². The average Bonchev–Trinajstić information content (AvgIpc) is 3.41. The molecule has 0 spiro atoms. The number of likely N-dealkylation sites (tertiary alicyclic amines) is 1. The van der Waals surface area contributed by atoms with Crippen LogP contribution in [0.1, 0.15) is 49.8 Å². The van der Waals surface area contributed by atoms with Crippen molar-refractivity contribution in [1.29, 1.82) is 0 Å². The van der Waals surface area contributed by atoms with E-state index in [1.165, 1.54) is 24.3 Å². The maximum atomic E-state index is 13.1. The lowest BCUT2D eigenvalue weighted by Crippen LogP contribution is -2.37. The summed E-state index contributed by atoms with van der Waals surface area (Å²) in [5, 5.41) is 22.3. The number of nitrogens with zero attached hydrogens (tertiary/aromatic N) is 2. The number of rotatable bonds is 6. The highest BCUT2D eigenvalue weighted by molar-refractivity contribution is 6.46. The number of ether oxygens (including phenoxy) is 1. The molecule has 1 saturated carbocycles. The zero-order valence-corrected chi connectivity index (χ0v) is 17.7. The summed E-state index contributed by atoms with van der Waals surface area (Å²) in [5.74, 6) is -1.18. The lowest BCUT2D eigenvalue weighted by molar-refractivity contribution is -0.384. The van der Waals surface area contributed by atoms with Gasteiger partial charge in [-0.2, -0.15) is 0 Å². The van der Waals surface area contributed by atoms with Gasteiger partial charge in [0.25, 0.3) is 17.4 Å². The Kier molecular flexibility index (Phi) is 5.94. The van der Waals surface area contributed by atoms with E-state index < -0.39 is 28.4 Å². The fourth-order valence-electron chi connectivity index (χ4n) is 4.57. The minimum atomic E-state index is -0.778. The van der Waals surface area contributed by atoms with E-state index in [0.29, 0.717) is 17.9 Å². The van der Waals surface area contributed by atoms with Crippen LogP contribution in [0.3, 0.4) is 0 Å². The number of hydrogen-bond acceptors (Lipinski definition) is 6. The van der Waals surface area contributed by atoms with Gasteiger partial charge in [0, 0.05) is 23.7 Å². The Morgan fingerprint density at radius 1 is 1.16 bits per heavy atom. The summed E-state index contributed by atoms with van der Waals surface area (Å²) in [4.78, 5) is 38.3. The van der Waals surface area contributed by atoms with Crippen molar-refractivity contribution < 1.29 is 24.4 Å². The lowest BCUT2D eigenvalue weighted by atomic mass is 9.94. The van der Waals surface area contributed by atoms with Crippen LogP contribution in [-0.4, -0.2) is 39.3 Å². The highest BCUT2D eigenvalue weighted by Gasteiger charge is 2.49. The van der Waals surface area contributed by atoms with E-state index in [0.717, 1.165) is 25.7 Å². The van der Waals surface area contributed by atoms with Gasteiger partial charge in [0.15, 0.2) is 0 Å². The molecule has 1 heterocycles. The second-order valence-electron chi connectivity index (χ2n) is 7.95. The van der Waals surface area contributed by atoms with E-state index >= 15 is 0 Å². The van der Waals surface area contributed by atoms with Gasteiger partial charge in [-0.1, -0.05) is 37.1 Å². The van der Waals surface area contributed by atoms with Crippen LogP contribution in [0.5, 0.6) is 5.75 Å². The van der Waals surface area contributed by atoms with E-state index in [9.17, 15) is 24.8 Å². The summed E-state index contributed by atoms with van der Waals surface area (Å²) < 4.78 is 5.50. The molecule has 1 aliphatic heterocycles. The number of hydrogen-bond donors (Lipinski definition) is 1. The van der Waals surface area contributed by atoms with Gasteiger partial charge in [0.05, 0.1) is 23.1 Å². The highest BCUT2D eigenvalue weighted by atomic mass is 16.6. The van der Waals surface area contributed by atoms with Gasteiger partial charge in [-0.05, 0) is 37.5 Å². The largest absolute Gasteiger partial charge is 0.507 e. The number of non-ortho nitro benzene ring substituents is 1. The third-order valence-corrected chi connectivity index (χ3v) is 6.04. The summed E-state index contributed by atoms with van der Waals surface area (Å²) in [7, 11) is 0. The van der Waals surface area contributed by atoms with Gasteiger partial charge in [-0.25, -0.2) is 0 Å². The van der Waals surface area contributed by atoms with E-state index in [1.54, 1.807) is 29.2 Å². The van der Waals surface area contributed by atoms with Crippen molar-refractivity contribution in [1.82, 2.24) is 4.90 Å². The van der Waals surface area contributed by atoms with Crippen LogP contribution < -0.4 is 4.74 Å². The normalized spacial score (nSPS) is 20.7. The number of benzene rings is 2. The van der Waals surface area contributed by atoms with Gasteiger partial charge >= 0.3 is 0 Å². The van der Waals surface area contributed by atoms with Gasteiger partial charge in [0.2, 0.25) is 0 Å². The first-order valence-electron chi connectivity index (χ1n) is 10.7. The Labute approximate surface area is 185 Å². The number of aliphatic hydroxyl groups is 1. The average molecular weight is 436 g/mol. The molecule has 2 fully saturated rings. The van der Waals surface area contributed by atoms with Gasteiger partial charge in [-0.15, -0.1) is 0 Å². The molecule has 32 heavy (non-hydrogen) atoms. The molecule has 0 radical (unpaired) electrons. The Balaban J connectivity index is 1.85. The number of amides is 1. The molecule has 1 saturated heterocycles. The Morgan fingerprint density at radius 2 is 1.84 bits per heavy atom. The molecule has 4 rings (SSSR count). The number of Topliss-reactive ketones (excluding diaryl/α,β-unsaturated/α-hetero) is 1. The summed E-state index contributed by atoms with van der Waals surface area (Å²) in [6, 6.07) is 11.7. The van der Waals surface area contributed by atoms with Crippen LogP contribution in [0.2, 0.25) is 0 Å². The fourth-order valence-corrected chi connectivity index (χ4v) is 4.57. The van der Waals surface area contributed by atoms with E-state index in [2.05, 4.69) is 0 Å². The van der Waals surface area contributed by atoms with Crippen molar-refractivity contribution in [3.63, 3.8) is 0 Å². The molecule has 8 heteroatoms. The van der Waals surface area contributed by atoms with E-state index in [4.69, 9.17) is 4.74 Å². The summed E-state index contributed by atoms with van der Waals surface area (Å²) in [6.07, 6.45) is 3.51. The number of nitro groups is 1. The van der Waals surface area contributed by atoms with E-state index in [-0.39, 0.29) is 22.9 Å². The third kappa shape index (κ3) is 3.84. The van der Waals surface area contributed by atoms with Crippen LogP contribution in [0.25, 0.3) is 5.76 Å². The molecule has 1 N–H and O–H groups in total. The van der Waals surface area contributed by atoms with Crippen molar-refractivity contribution >= 4 is 23.1 Å². The van der Waals surface area contributed by atoms with Crippen LogP contribution >= 0.6 is 0 Å².